The van der Waals surface area contributed by atoms with Crippen LogP contribution >= 0.6 is 11.6 Å². The van der Waals surface area contributed by atoms with Crippen molar-refractivity contribution >= 4 is 23.5 Å². The van der Waals surface area contributed by atoms with E-state index in [4.69, 9.17) is 11.6 Å². The number of aliphatic hydroxyl groups is 1. The molecule has 1 aromatic carbocycles. The van der Waals surface area contributed by atoms with Crippen LogP contribution in [0.4, 0.5) is 0 Å². The van der Waals surface area contributed by atoms with E-state index >= 15 is 0 Å². The van der Waals surface area contributed by atoms with Crippen molar-refractivity contribution in [2.24, 2.45) is 5.41 Å². The van der Waals surface area contributed by atoms with Crippen LogP contribution in [-0.4, -0.2) is 46.2 Å². The highest BCUT2D eigenvalue weighted by Gasteiger charge is 2.48. The molecule has 1 heterocycles. The Kier molecular flexibility index (Phi) is 5.32. The van der Waals surface area contributed by atoms with Crippen molar-refractivity contribution in [2.75, 3.05) is 13.1 Å². The van der Waals surface area contributed by atoms with Gasteiger partial charge in [-0.15, -0.1) is 0 Å². The first kappa shape index (κ1) is 17.8. The number of halogens is 1. The standard InChI is InChI=1S/C17H22ClNO4/c1-3-6-17(16(22)23)7-8-19(10-14(17)20)15(21)12-9-11(2)4-5-13(12)18/h4-5,9,14,20H,3,6-8,10H2,1-2H3,(H,22,23)/t14?,17-/m0/s1. The first-order valence-corrected chi connectivity index (χ1v) is 8.16. The van der Waals surface area contributed by atoms with E-state index < -0.39 is 17.5 Å². The first-order valence-electron chi connectivity index (χ1n) is 7.78. The summed E-state index contributed by atoms with van der Waals surface area (Å²) < 4.78 is 0. The third-order valence-corrected chi connectivity index (χ3v) is 4.95. The molecule has 1 saturated heterocycles. The molecule has 0 radical (unpaired) electrons. The minimum absolute atomic E-state index is 0.00933. The lowest BCUT2D eigenvalue weighted by molar-refractivity contribution is -0.162. The van der Waals surface area contributed by atoms with Crippen molar-refractivity contribution in [2.45, 2.75) is 39.2 Å². The van der Waals surface area contributed by atoms with Crippen molar-refractivity contribution in [1.82, 2.24) is 4.90 Å². The molecule has 2 atom stereocenters. The molecule has 126 valence electrons. The summed E-state index contributed by atoms with van der Waals surface area (Å²) in [5.74, 6) is -1.26. The number of aliphatic carboxylic acids is 1. The Morgan fingerprint density at radius 3 is 2.70 bits per heavy atom. The predicted molar refractivity (Wildman–Crippen MR) is 87.7 cm³/mol. The molecule has 1 amide bonds. The molecule has 0 aliphatic carbocycles. The molecule has 2 N–H and O–H groups in total. The molecule has 1 aromatic rings. The smallest absolute Gasteiger partial charge is 0.312 e. The lowest BCUT2D eigenvalue weighted by Crippen LogP contribution is -2.56. The molecular formula is C17H22ClNO4. The van der Waals surface area contributed by atoms with E-state index in [0.29, 0.717) is 30.0 Å². The Morgan fingerprint density at radius 1 is 1.43 bits per heavy atom. The summed E-state index contributed by atoms with van der Waals surface area (Å²) >= 11 is 6.10. The molecule has 1 unspecified atom stereocenters. The Balaban J connectivity index is 2.21. The molecule has 0 saturated carbocycles. The minimum Gasteiger partial charge on any atom is -0.481 e. The summed E-state index contributed by atoms with van der Waals surface area (Å²) in [6.07, 6.45) is 0.228. The summed E-state index contributed by atoms with van der Waals surface area (Å²) in [5.41, 5.74) is 0.139. The average Bonchev–Trinajstić information content (AvgIpc) is 2.51. The number of piperidine rings is 1. The van der Waals surface area contributed by atoms with Gasteiger partial charge in [-0.2, -0.15) is 0 Å². The number of likely N-dealkylation sites (tertiary alicyclic amines) is 1. The molecular weight excluding hydrogens is 318 g/mol. The van der Waals surface area contributed by atoms with E-state index in [1.165, 1.54) is 4.90 Å². The highest BCUT2D eigenvalue weighted by atomic mass is 35.5. The third kappa shape index (κ3) is 3.35. The number of carbonyl (C=O) groups excluding carboxylic acids is 1. The summed E-state index contributed by atoms with van der Waals surface area (Å²) in [6, 6.07) is 5.20. The lowest BCUT2D eigenvalue weighted by Gasteiger charge is -2.42. The second kappa shape index (κ2) is 6.89. The zero-order valence-electron chi connectivity index (χ0n) is 13.4. The minimum atomic E-state index is -1.16. The van der Waals surface area contributed by atoms with Gasteiger partial charge in [0, 0.05) is 13.1 Å². The molecule has 23 heavy (non-hydrogen) atoms. The van der Waals surface area contributed by atoms with Gasteiger partial charge in [0.15, 0.2) is 0 Å². The van der Waals surface area contributed by atoms with Crippen LogP contribution in [0.3, 0.4) is 0 Å². The van der Waals surface area contributed by atoms with Gasteiger partial charge in [-0.1, -0.05) is 36.6 Å². The van der Waals surface area contributed by atoms with Gasteiger partial charge in [0.05, 0.1) is 22.1 Å². The number of hydrogen-bond donors (Lipinski definition) is 2. The van der Waals surface area contributed by atoms with Gasteiger partial charge in [-0.05, 0) is 31.9 Å². The maximum absolute atomic E-state index is 12.6. The third-order valence-electron chi connectivity index (χ3n) is 4.62. The van der Waals surface area contributed by atoms with Crippen molar-refractivity contribution in [3.8, 4) is 0 Å². The van der Waals surface area contributed by atoms with Gasteiger partial charge in [-0.3, -0.25) is 9.59 Å². The Bertz CT molecular complexity index is 619. The number of benzene rings is 1. The van der Waals surface area contributed by atoms with Crippen LogP contribution < -0.4 is 0 Å². The van der Waals surface area contributed by atoms with Crippen LogP contribution in [0.1, 0.15) is 42.1 Å². The summed E-state index contributed by atoms with van der Waals surface area (Å²) in [7, 11) is 0. The molecule has 1 aliphatic rings. The van der Waals surface area contributed by atoms with Gasteiger partial charge in [-0.25, -0.2) is 0 Å². The number of carbonyl (C=O) groups is 2. The highest BCUT2D eigenvalue weighted by molar-refractivity contribution is 6.33. The zero-order chi connectivity index (χ0) is 17.2. The number of amides is 1. The van der Waals surface area contributed by atoms with E-state index in [2.05, 4.69) is 0 Å². The number of carboxylic acid groups (broad SMARTS) is 1. The Morgan fingerprint density at radius 2 is 2.13 bits per heavy atom. The molecule has 6 heteroatoms. The number of rotatable bonds is 4. The van der Waals surface area contributed by atoms with Crippen LogP contribution in [0.2, 0.25) is 5.02 Å². The van der Waals surface area contributed by atoms with E-state index in [0.717, 1.165) is 5.56 Å². The fourth-order valence-electron chi connectivity index (χ4n) is 3.23. The van der Waals surface area contributed by atoms with Crippen molar-refractivity contribution in [3.05, 3.63) is 34.3 Å². The number of carboxylic acids is 1. The Hall–Kier alpha value is -1.59. The number of β-amino-alcohol motifs (C(OH)–C–C–N with tert-alkyl or cyclic N) is 1. The van der Waals surface area contributed by atoms with Gasteiger partial charge in [0.2, 0.25) is 0 Å². The van der Waals surface area contributed by atoms with E-state index in [1.54, 1.807) is 12.1 Å². The van der Waals surface area contributed by atoms with Gasteiger partial charge in [0.1, 0.15) is 0 Å². The molecule has 5 nitrogen and oxygen atoms in total. The number of hydrogen-bond acceptors (Lipinski definition) is 3. The average molecular weight is 340 g/mol. The highest BCUT2D eigenvalue weighted by Crippen LogP contribution is 2.37. The molecule has 1 aliphatic heterocycles. The van der Waals surface area contributed by atoms with Crippen LogP contribution in [0.15, 0.2) is 18.2 Å². The zero-order valence-corrected chi connectivity index (χ0v) is 14.1. The second-order valence-corrected chi connectivity index (χ2v) is 6.62. The SMILES string of the molecule is CCC[C@]1(C(=O)O)CCN(C(=O)c2cc(C)ccc2Cl)CC1O. The molecule has 0 spiro atoms. The maximum atomic E-state index is 12.6. The Labute approximate surface area is 140 Å². The fourth-order valence-corrected chi connectivity index (χ4v) is 3.43. The van der Waals surface area contributed by atoms with Crippen LogP contribution in [-0.2, 0) is 4.79 Å². The number of aryl methyl sites for hydroxylation is 1. The maximum Gasteiger partial charge on any atom is 0.312 e. The monoisotopic (exact) mass is 339 g/mol. The lowest BCUT2D eigenvalue weighted by atomic mass is 9.72. The van der Waals surface area contributed by atoms with Gasteiger partial charge in [0.25, 0.3) is 5.91 Å². The summed E-state index contributed by atoms with van der Waals surface area (Å²) in [6.45, 7) is 4.07. The second-order valence-electron chi connectivity index (χ2n) is 6.21. The van der Waals surface area contributed by atoms with E-state index in [1.807, 2.05) is 19.9 Å². The largest absolute Gasteiger partial charge is 0.481 e. The van der Waals surface area contributed by atoms with E-state index in [9.17, 15) is 19.8 Å². The van der Waals surface area contributed by atoms with Gasteiger partial charge < -0.3 is 15.1 Å². The summed E-state index contributed by atoms with van der Waals surface area (Å²) in [5, 5.41) is 20.3. The van der Waals surface area contributed by atoms with Crippen molar-refractivity contribution in [3.63, 3.8) is 0 Å². The number of nitrogens with zero attached hydrogens (tertiary/aromatic N) is 1. The molecule has 0 bridgehead atoms. The molecule has 0 aromatic heterocycles. The predicted octanol–water partition coefficient (Wildman–Crippen LogP) is 2.73. The molecule has 1 fully saturated rings. The van der Waals surface area contributed by atoms with Gasteiger partial charge >= 0.3 is 5.97 Å². The van der Waals surface area contributed by atoms with Crippen LogP contribution in [0.5, 0.6) is 0 Å². The normalized spacial score (nSPS) is 24.5. The van der Waals surface area contributed by atoms with Crippen LogP contribution in [0.25, 0.3) is 0 Å². The van der Waals surface area contributed by atoms with Crippen molar-refractivity contribution < 1.29 is 19.8 Å². The summed E-state index contributed by atoms with van der Waals surface area (Å²) in [4.78, 5) is 25.8. The van der Waals surface area contributed by atoms with E-state index in [-0.39, 0.29) is 18.9 Å². The number of aliphatic hydroxyl groups excluding tert-OH is 1. The topological polar surface area (TPSA) is 77.8 Å². The fraction of sp³-hybridized carbons (Fsp3) is 0.529. The first-order chi connectivity index (χ1) is 10.8. The van der Waals surface area contributed by atoms with Crippen molar-refractivity contribution in [1.29, 1.82) is 0 Å². The van der Waals surface area contributed by atoms with Crippen LogP contribution in [0, 0.1) is 12.3 Å². The molecule has 2 rings (SSSR count). The quantitative estimate of drug-likeness (QED) is 0.884.